The molecule has 0 spiro atoms. The molecule has 0 radical (unpaired) electrons. The number of nitriles is 1. The van der Waals surface area contributed by atoms with E-state index in [4.69, 9.17) is 0 Å². The van der Waals surface area contributed by atoms with Crippen LogP contribution in [-0.4, -0.2) is 16.1 Å². The number of carbonyl (C=O) groups excluding carboxylic acids is 1. The standard InChI is InChI=1S/C14H15N3OS/c1-8-12(9(2)18)13(10-4-3-5-16-7-10)11(6-15)14(19)17-8/h3-5,7,11,13-14,17,19H,1-2H3/t11-,13+,14-/m0/s1. The zero-order chi connectivity index (χ0) is 14.0. The van der Waals surface area contributed by atoms with E-state index < -0.39 is 5.92 Å². The highest BCUT2D eigenvalue weighted by Gasteiger charge is 2.38. The van der Waals surface area contributed by atoms with E-state index in [1.165, 1.54) is 6.92 Å². The second kappa shape index (κ2) is 5.45. The number of aromatic nitrogens is 1. The molecular formula is C14H15N3OS. The number of allylic oxidation sites excluding steroid dienone is 2. The first kappa shape index (κ1) is 13.6. The highest BCUT2D eigenvalue weighted by Crippen LogP contribution is 2.39. The van der Waals surface area contributed by atoms with Gasteiger partial charge in [0.2, 0.25) is 0 Å². The van der Waals surface area contributed by atoms with Crippen LogP contribution in [0.4, 0.5) is 0 Å². The molecule has 0 aromatic carbocycles. The predicted octanol–water partition coefficient (Wildman–Crippen LogP) is 2.03. The second-order valence-electron chi connectivity index (χ2n) is 4.60. The van der Waals surface area contributed by atoms with Gasteiger partial charge in [-0.3, -0.25) is 9.78 Å². The molecule has 0 unspecified atom stereocenters. The fourth-order valence-electron chi connectivity index (χ4n) is 2.55. The molecular weight excluding hydrogens is 258 g/mol. The van der Waals surface area contributed by atoms with Crippen LogP contribution in [0.2, 0.25) is 0 Å². The molecule has 19 heavy (non-hydrogen) atoms. The van der Waals surface area contributed by atoms with Crippen LogP contribution in [0.15, 0.2) is 35.8 Å². The van der Waals surface area contributed by atoms with Gasteiger partial charge in [-0.15, -0.1) is 0 Å². The van der Waals surface area contributed by atoms with Gasteiger partial charge >= 0.3 is 0 Å². The summed E-state index contributed by atoms with van der Waals surface area (Å²) in [5, 5.41) is 12.2. The largest absolute Gasteiger partial charge is 0.375 e. The fourth-order valence-corrected chi connectivity index (χ4v) is 2.98. The molecule has 1 aromatic heterocycles. The maximum absolute atomic E-state index is 11.9. The number of hydrogen-bond donors (Lipinski definition) is 2. The summed E-state index contributed by atoms with van der Waals surface area (Å²) < 4.78 is 0. The first-order chi connectivity index (χ1) is 9.06. The summed E-state index contributed by atoms with van der Waals surface area (Å²) in [5.74, 6) is -0.714. The molecule has 0 saturated heterocycles. The zero-order valence-electron chi connectivity index (χ0n) is 10.8. The Balaban J connectivity index is 2.59. The SMILES string of the molecule is CC(=O)C1=C(C)N[C@@H](S)[C@@H](C#N)[C@H]1c1cccnc1. The molecule has 1 aliphatic heterocycles. The fraction of sp³-hybridized carbons (Fsp3) is 0.357. The quantitative estimate of drug-likeness (QED) is 0.809. The summed E-state index contributed by atoms with van der Waals surface area (Å²) >= 11 is 4.41. The van der Waals surface area contributed by atoms with E-state index in [0.29, 0.717) is 5.57 Å². The van der Waals surface area contributed by atoms with Crippen molar-refractivity contribution in [2.24, 2.45) is 5.92 Å². The van der Waals surface area contributed by atoms with Gasteiger partial charge in [0.25, 0.3) is 0 Å². The van der Waals surface area contributed by atoms with Gasteiger partial charge in [-0.1, -0.05) is 6.07 Å². The van der Waals surface area contributed by atoms with Crippen molar-refractivity contribution in [3.63, 3.8) is 0 Å². The van der Waals surface area contributed by atoms with Gasteiger partial charge in [-0.05, 0) is 25.5 Å². The van der Waals surface area contributed by atoms with E-state index in [9.17, 15) is 10.1 Å². The third-order valence-corrected chi connectivity index (χ3v) is 3.80. The van der Waals surface area contributed by atoms with Crippen LogP contribution >= 0.6 is 12.6 Å². The van der Waals surface area contributed by atoms with Crippen molar-refractivity contribution in [2.45, 2.75) is 25.1 Å². The van der Waals surface area contributed by atoms with Crippen LogP contribution in [0.1, 0.15) is 25.3 Å². The minimum Gasteiger partial charge on any atom is -0.375 e. The van der Waals surface area contributed by atoms with Crippen LogP contribution in [0, 0.1) is 17.2 Å². The first-order valence-corrected chi connectivity index (χ1v) is 6.53. The average molecular weight is 273 g/mol. The van der Waals surface area contributed by atoms with Gasteiger partial charge in [0, 0.05) is 29.6 Å². The minimum absolute atomic E-state index is 0.0284. The number of rotatable bonds is 2. The zero-order valence-corrected chi connectivity index (χ0v) is 11.7. The molecule has 0 fully saturated rings. The van der Waals surface area contributed by atoms with Crippen molar-refractivity contribution < 1.29 is 4.79 Å². The van der Waals surface area contributed by atoms with Crippen LogP contribution < -0.4 is 5.32 Å². The molecule has 3 atom stereocenters. The van der Waals surface area contributed by atoms with Gasteiger partial charge in [-0.25, -0.2) is 0 Å². The lowest BCUT2D eigenvalue weighted by Crippen LogP contribution is -2.41. The van der Waals surface area contributed by atoms with Crippen molar-refractivity contribution in [3.05, 3.63) is 41.4 Å². The molecule has 0 amide bonds. The van der Waals surface area contributed by atoms with Crippen molar-refractivity contribution in [3.8, 4) is 6.07 Å². The maximum atomic E-state index is 11.9. The smallest absolute Gasteiger partial charge is 0.158 e. The molecule has 2 rings (SSSR count). The molecule has 0 aliphatic carbocycles. The Labute approximate surface area is 117 Å². The number of Topliss-reactive ketones (excluding diaryl/α,β-unsaturated/α-hetero) is 1. The Morgan fingerprint density at radius 1 is 1.58 bits per heavy atom. The number of nitrogens with zero attached hydrogens (tertiary/aromatic N) is 2. The number of nitrogens with one attached hydrogen (secondary N) is 1. The van der Waals surface area contributed by atoms with Crippen molar-refractivity contribution in [2.75, 3.05) is 0 Å². The maximum Gasteiger partial charge on any atom is 0.158 e. The topological polar surface area (TPSA) is 65.8 Å². The summed E-state index contributed by atoms with van der Waals surface area (Å²) in [6.07, 6.45) is 3.38. The molecule has 5 heteroatoms. The number of hydrogen-bond acceptors (Lipinski definition) is 5. The van der Waals surface area contributed by atoms with Gasteiger partial charge in [0.1, 0.15) is 0 Å². The number of carbonyl (C=O) groups is 1. The van der Waals surface area contributed by atoms with Crippen LogP contribution in [0.25, 0.3) is 0 Å². The van der Waals surface area contributed by atoms with E-state index in [0.717, 1.165) is 11.3 Å². The van der Waals surface area contributed by atoms with E-state index in [1.807, 2.05) is 19.1 Å². The summed E-state index contributed by atoms with van der Waals surface area (Å²) in [4.78, 5) is 16.0. The third kappa shape index (κ3) is 2.49. The average Bonchev–Trinajstić information content (AvgIpc) is 2.38. The van der Waals surface area contributed by atoms with E-state index in [1.54, 1.807) is 12.4 Å². The number of ketones is 1. The van der Waals surface area contributed by atoms with Gasteiger partial charge in [0.05, 0.1) is 17.4 Å². The van der Waals surface area contributed by atoms with Crippen molar-refractivity contribution in [1.29, 1.82) is 5.26 Å². The Morgan fingerprint density at radius 2 is 2.32 bits per heavy atom. The van der Waals surface area contributed by atoms with Crippen molar-refractivity contribution >= 4 is 18.4 Å². The van der Waals surface area contributed by atoms with E-state index in [2.05, 4.69) is 29.0 Å². The first-order valence-electron chi connectivity index (χ1n) is 6.02. The van der Waals surface area contributed by atoms with Gasteiger partial charge in [-0.2, -0.15) is 17.9 Å². The summed E-state index contributed by atoms with van der Waals surface area (Å²) in [6.45, 7) is 3.37. The molecule has 2 heterocycles. The predicted molar refractivity (Wildman–Crippen MR) is 75.4 cm³/mol. The van der Waals surface area contributed by atoms with Crippen LogP contribution in [0.3, 0.4) is 0 Å². The molecule has 1 aromatic rings. The molecule has 1 aliphatic rings. The highest BCUT2D eigenvalue weighted by molar-refractivity contribution is 7.80. The van der Waals surface area contributed by atoms with Crippen LogP contribution in [0.5, 0.6) is 0 Å². The van der Waals surface area contributed by atoms with E-state index in [-0.39, 0.29) is 17.1 Å². The lowest BCUT2D eigenvalue weighted by Gasteiger charge is -2.35. The van der Waals surface area contributed by atoms with Crippen LogP contribution in [-0.2, 0) is 4.79 Å². The summed E-state index contributed by atoms with van der Waals surface area (Å²) in [5.41, 5.74) is 2.30. The number of thiol groups is 1. The molecule has 1 N–H and O–H groups in total. The molecule has 0 saturated carbocycles. The highest BCUT2D eigenvalue weighted by atomic mass is 32.1. The minimum atomic E-state index is -0.407. The normalized spacial score (nSPS) is 26.5. The monoisotopic (exact) mass is 273 g/mol. The summed E-state index contributed by atoms with van der Waals surface area (Å²) in [6, 6.07) is 5.96. The van der Waals surface area contributed by atoms with Gasteiger partial charge < -0.3 is 5.32 Å². The third-order valence-electron chi connectivity index (χ3n) is 3.35. The Bertz CT molecular complexity index is 562. The lowest BCUT2D eigenvalue weighted by molar-refractivity contribution is -0.114. The Kier molecular flexibility index (Phi) is 3.91. The van der Waals surface area contributed by atoms with Gasteiger partial charge in [0.15, 0.2) is 5.78 Å². The van der Waals surface area contributed by atoms with E-state index >= 15 is 0 Å². The second-order valence-corrected chi connectivity index (χ2v) is 5.16. The molecule has 4 nitrogen and oxygen atoms in total. The Hall–Kier alpha value is -1.80. The summed E-state index contributed by atoms with van der Waals surface area (Å²) in [7, 11) is 0. The lowest BCUT2D eigenvalue weighted by atomic mass is 9.77. The Morgan fingerprint density at radius 3 is 2.84 bits per heavy atom. The molecule has 98 valence electrons. The number of pyridine rings is 1. The molecule has 0 bridgehead atoms. The van der Waals surface area contributed by atoms with Crippen molar-refractivity contribution in [1.82, 2.24) is 10.3 Å².